The normalized spacial score (nSPS) is 20.0. The van der Waals surface area contributed by atoms with Crippen LogP contribution >= 0.6 is 0 Å². The second kappa shape index (κ2) is 7.24. The first kappa shape index (κ1) is 15.5. The average molecular weight is 274 g/mol. The molecule has 0 spiro atoms. The van der Waals surface area contributed by atoms with E-state index in [2.05, 4.69) is 49.1 Å². The van der Waals surface area contributed by atoms with E-state index in [-0.39, 0.29) is 5.41 Å². The summed E-state index contributed by atoms with van der Waals surface area (Å²) >= 11 is 0. The molecular weight excluding hydrogens is 244 g/mol. The second-order valence-corrected chi connectivity index (χ2v) is 6.49. The molecule has 0 aromatic heterocycles. The third kappa shape index (κ3) is 3.62. The number of rotatable bonds is 6. The standard InChI is InChI=1S/C18H30N2/c1-3-20(17-12-8-5-9-13-17)15-18(2,14-19)16-10-6-4-7-11-16/h4,6-7,10-11,17H,3,5,8-9,12-15,19H2,1-2H3. The molecule has 0 amide bonds. The Morgan fingerprint density at radius 1 is 1.15 bits per heavy atom. The van der Waals surface area contributed by atoms with E-state index < -0.39 is 0 Å². The number of hydrogen-bond acceptors (Lipinski definition) is 2. The van der Waals surface area contributed by atoms with Crippen LogP contribution in [0.2, 0.25) is 0 Å². The lowest BCUT2D eigenvalue weighted by atomic mass is 9.81. The van der Waals surface area contributed by atoms with Gasteiger partial charge in [0.1, 0.15) is 0 Å². The molecule has 2 heteroatoms. The summed E-state index contributed by atoms with van der Waals surface area (Å²) < 4.78 is 0. The SMILES string of the molecule is CCN(CC(C)(CN)c1ccccc1)C1CCCCC1. The number of nitrogens with two attached hydrogens (primary N) is 1. The highest BCUT2D eigenvalue weighted by atomic mass is 15.2. The maximum absolute atomic E-state index is 6.14. The van der Waals surface area contributed by atoms with Crippen LogP contribution in [0.1, 0.15) is 51.5 Å². The molecule has 20 heavy (non-hydrogen) atoms. The molecule has 2 nitrogen and oxygen atoms in total. The van der Waals surface area contributed by atoms with Gasteiger partial charge >= 0.3 is 0 Å². The van der Waals surface area contributed by atoms with Crippen molar-refractivity contribution in [3.8, 4) is 0 Å². The Morgan fingerprint density at radius 2 is 1.80 bits per heavy atom. The number of likely N-dealkylation sites (N-methyl/N-ethyl adjacent to an activating group) is 1. The molecule has 2 rings (SSSR count). The first-order valence-corrected chi connectivity index (χ1v) is 8.19. The van der Waals surface area contributed by atoms with E-state index in [0.717, 1.165) is 19.1 Å². The maximum Gasteiger partial charge on any atom is 0.0174 e. The van der Waals surface area contributed by atoms with Crippen molar-refractivity contribution in [1.82, 2.24) is 4.90 Å². The molecule has 1 aromatic carbocycles. The van der Waals surface area contributed by atoms with Gasteiger partial charge in [-0.1, -0.05) is 63.4 Å². The van der Waals surface area contributed by atoms with E-state index in [1.807, 2.05) is 0 Å². The van der Waals surface area contributed by atoms with Gasteiger partial charge in [0.2, 0.25) is 0 Å². The Kier molecular flexibility index (Phi) is 5.62. The molecule has 1 saturated carbocycles. The third-order valence-corrected chi connectivity index (χ3v) is 4.97. The van der Waals surface area contributed by atoms with Crippen molar-refractivity contribution in [2.24, 2.45) is 5.73 Å². The molecule has 0 radical (unpaired) electrons. The number of nitrogens with zero attached hydrogens (tertiary/aromatic N) is 1. The van der Waals surface area contributed by atoms with Crippen LogP contribution in [0.25, 0.3) is 0 Å². The molecule has 0 bridgehead atoms. The van der Waals surface area contributed by atoms with E-state index in [1.54, 1.807) is 0 Å². The maximum atomic E-state index is 6.14. The van der Waals surface area contributed by atoms with Crippen molar-refractivity contribution in [2.45, 2.75) is 57.4 Å². The van der Waals surface area contributed by atoms with E-state index in [0.29, 0.717) is 6.54 Å². The first-order chi connectivity index (χ1) is 9.69. The van der Waals surface area contributed by atoms with Gasteiger partial charge in [0, 0.05) is 24.5 Å². The smallest absolute Gasteiger partial charge is 0.0174 e. The number of hydrogen-bond donors (Lipinski definition) is 1. The lowest BCUT2D eigenvalue weighted by Crippen LogP contribution is -2.48. The van der Waals surface area contributed by atoms with Gasteiger partial charge in [-0.25, -0.2) is 0 Å². The molecule has 0 aliphatic heterocycles. The van der Waals surface area contributed by atoms with Crippen molar-refractivity contribution in [3.05, 3.63) is 35.9 Å². The molecule has 112 valence electrons. The molecule has 1 aromatic rings. The zero-order valence-electron chi connectivity index (χ0n) is 13.1. The van der Waals surface area contributed by atoms with Gasteiger partial charge < -0.3 is 5.73 Å². The Bertz CT molecular complexity index is 384. The van der Waals surface area contributed by atoms with E-state index in [4.69, 9.17) is 5.73 Å². The van der Waals surface area contributed by atoms with Gasteiger partial charge in [0.05, 0.1) is 0 Å². The summed E-state index contributed by atoms with van der Waals surface area (Å²) in [5.74, 6) is 0. The summed E-state index contributed by atoms with van der Waals surface area (Å²) in [6.45, 7) is 7.52. The molecule has 1 aliphatic rings. The highest BCUT2D eigenvalue weighted by molar-refractivity contribution is 5.25. The summed E-state index contributed by atoms with van der Waals surface area (Å²) in [6, 6.07) is 11.5. The van der Waals surface area contributed by atoms with Crippen LogP contribution in [0.4, 0.5) is 0 Å². The highest BCUT2D eigenvalue weighted by Crippen LogP contribution is 2.28. The summed E-state index contributed by atoms with van der Waals surface area (Å²) in [5.41, 5.74) is 7.58. The van der Waals surface area contributed by atoms with Gasteiger partial charge in [0.15, 0.2) is 0 Å². The van der Waals surface area contributed by atoms with Crippen LogP contribution in [0.15, 0.2) is 30.3 Å². The Balaban J connectivity index is 2.10. The summed E-state index contributed by atoms with van der Waals surface area (Å²) in [5, 5.41) is 0. The predicted octanol–water partition coefficient (Wildman–Crippen LogP) is 3.56. The van der Waals surface area contributed by atoms with Crippen LogP contribution in [0, 0.1) is 0 Å². The van der Waals surface area contributed by atoms with Crippen molar-refractivity contribution in [2.75, 3.05) is 19.6 Å². The molecule has 0 heterocycles. The minimum absolute atomic E-state index is 0.0642. The summed E-state index contributed by atoms with van der Waals surface area (Å²) in [7, 11) is 0. The lowest BCUT2D eigenvalue weighted by molar-refractivity contribution is 0.133. The second-order valence-electron chi connectivity index (χ2n) is 6.49. The molecule has 0 saturated heterocycles. The van der Waals surface area contributed by atoms with Crippen molar-refractivity contribution in [1.29, 1.82) is 0 Å². The van der Waals surface area contributed by atoms with Gasteiger partial charge in [-0.05, 0) is 24.9 Å². The fraction of sp³-hybridized carbons (Fsp3) is 0.667. The van der Waals surface area contributed by atoms with Crippen LogP contribution in [0.3, 0.4) is 0 Å². The van der Waals surface area contributed by atoms with Crippen LogP contribution in [-0.4, -0.2) is 30.6 Å². The minimum atomic E-state index is 0.0642. The van der Waals surface area contributed by atoms with Crippen molar-refractivity contribution >= 4 is 0 Å². The van der Waals surface area contributed by atoms with Crippen LogP contribution in [0.5, 0.6) is 0 Å². The Morgan fingerprint density at radius 3 is 2.35 bits per heavy atom. The van der Waals surface area contributed by atoms with Gasteiger partial charge in [-0.2, -0.15) is 0 Å². The van der Waals surface area contributed by atoms with Gasteiger partial charge in [0.25, 0.3) is 0 Å². The Labute approximate surface area is 124 Å². The van der Waals surface area contributed by atoms with Crippen LogP contribution in [-0.2, 0) is 5.41 Å². The highest BCUT2D eigenvalue weighted by Gasteiger charge is 2.30. The fourth-order valence-corrected chi connectivity index (χ4v) is 3.51. The topological polar surface area (TPSA) is 29.3 Å². The average Bonchev–Trinajstić information content (AvgIpc) is 2.54. The molecule has 1 atom stereocenters. The first-order valence-electron chi connectivity index (χ1n) is 8.19. The van der Waals surface area contributed by atoms with E-state index in [9.17, 15) is 0 Å². The largest absolute Gasteiger partial charge is 0.330 e. The van der Waals surface area contributed by atoms with Gasteiger partial charge in [-0.3, -0.25) is 4.90 Å². The van der Waals surface area contributed by atoms with Crippen LogP contribution < -0.4 is 5.73 Å². The zero-order chi connectivity index (χ0) is 14.4. The fourth-order valence-electron chi connectivity index (χ4n) is 3.51. The lowest BCUT2D eigenvalue weighted by Gasteiger charge is -2.40. The molecule has 1 fully saturated rings. The zero-order valence-corrected chi connectivity index (χ0v) is 13.1. The molecule has 1 aliphatic carbocycles. The minimum Gasteiger partial charge on any atom is -0.330 e. The summed E-state index contributed by atoms with van der Waals surface area (Å²) in [6.07, 6.45) is 6.94. The van der Waals surface area contributed by atoms with Gasteiger partial charge in [-0.15, -0.1) is 0 Å². The number of benzene rings is 1. The van der Waals surface area contributed by atoms with E-state index >= 15 is 0 Å². The molecular formula is C18H30N2. The molecule has 2 N–H and O–H groups in total. The van der Waals surface area contributed by atoms with Crippen molar-refractivity contribution < 1.29 is 0 Å². The van der Waals surface area contributed by atoms with E-state index in [1.165, 1.54) is 37.7 Å². The Hall–Kier alpha value is -0.860. The quantitative estimate of drug-likeness (QED) is 0.859. The molecule has 1 unspecified atom stereocenters. The predicted molar refractivity (Wildman–Crippen MR) is 87.0 cm³/mol. The monoisotopic (exact) mass is 274 g/mol. The third-order valence-electron chi connectivity index (χ3n) is 4.97. The summed E-state index contributed by atoms with van der Waals surface area (Å²) in [4.78, 5) is 2.67. The van der Waals surface area contributed by atoms with Crippen molar-refractivity contribution in [3.63, 3.8) is 0 Å².